The van der Waals surface area contributed by atoms with Crippen LogP contribution in [0.5, 0.6) is 0 Å². The first-order valence-electron chi connectivity index (χ1n) is 8.85. The highest BCUT2D eigenvalue weighted by Gasteiger charge is 2.37. The van der Waals surface area contributed by atoms with Crippen molar-refractivity contribution in [1.82, 2.24) is 15.6 Å². The Morgan fingerprint density at radius 2 is 2.00 bits per heavy atom. The lowest BCUT2D eigenvalue weighted by Crippen LogP contribution is -2.43. The number of fused-ring (bicyclic) bond motifs is 2. The lowest BCUT2D eigenvalue weighted by Gasteiger charge is -2.24. The lowest BCUT2D eigenvalue weighted by molar-refractivity contribution is -0.123. The van der Waals surface area contributed by atoms with Gasteiger partial charge in [-0.1, -0.05) is 31.0 Å². The molecule has 6 heteroatoms. The molecule has 3 N–H and O–H groups in total. The van der Waals surface area contributed by atoms with Gasteiger partial charge in [0, 0.05) is 29.6 Å². The molecule has 1 aromatic carbocycles. The van der Waals surface area contributed by atoms with Crippen molar-refractivity contribution in [3.05, 3.63) is 46.2 Å². The molecule has 2 aromatic rings. The Balaban J connectivity index is 0.00000182. The number of amides is 1. The van der Waals surface area contributed by atoms with Crippen LogP contribution in [0.4, 0.5) is 0 Å². The molecule has 2 aliphatic rings. The predicted octanol–water partition coefficient (Wildman–Crippen LogP) is 2.49. The molecule has 1 amide bonds. The van der Waals surface area contributed by atoms with Crippen molar-refractivity contribution in [2.75, 3.05) is 0 Å². The number of benzene rings is 1. The summed E-state index contributed by atoms with van der Waals surface area (Å²) >= 11 is 0. The largest absolute Gasteiger partial charge is 0.351 e. The molecule has 0 spiro atoms. The van der Waals surface area contributed by atoms with E-state index in [1.165, 1.54) is 25.7 Å². The molecule has 0 radical (unpaired) electrons. The minimum absolute atomic E-state index is 0. The molecule has 2 heterocycles. The van der Waals surface area contributed by atoms with Gasteiger partial charge < -0.3 is 15.6 Å². The normalized spacial score (nSPS) is 25.2. The highest BCUT2D eigenvalue weighted by atomic mass is 35.5. The van der Waals surface area contributed by atoms with Crippen LogP contribution in [0.25, 0.3) is 10.9 Å². The second-order valence-electron chi connectivity index (χ2n) is 7.03. The van der Waals surface area contributed by atoms with E-state index in [1.54, 1.807) is 6.07 Å². The van der Waals surface area contributed by atoms with Crippen LogP contribution in [0.15, 0.2) is 35.1 Å². The van der Waals surface area contributed by atoms with E-state index in [4.69, 9.17) is 0 Å². The van der Waals surface area contributed by atoms with Crippen molar-refractivity contribution in [3.63, 3.8) is 0 Å². The van der Waals surface area contributed by atoms with Gasteiger partial charge in [0.05, 0.1) is 6.04 Å². The molecule has 2 fully saturated rings. The second-order valence-corrected chi connectivity index (χ2v) is 7.03. The van der Waals surface area contributed by atoms with Crippen LogP contribution in [0.2, 0.25) is 0 Å². The summed E-state index contributed by atoms with van der Waals surface area (Å²) < 4.78 is 0. The van der Waals surface area contributed by atoms with Gasteiger partial charge in [0.1, 0.15) is 0 Å². The van der Waals surface area contributed by atoms with E-state index in [9.17, 15) is 9.59 Å². The van der Waals surface area contributed by atoms with Gasteiger partial charge >= 0.3 is 0 Å². The maximum absolute atomic E-state index is 12.5. The molecule has 1 saturated heterocycles. The highest BCUT2D eigenvalue weighted by molar-refractivity contribution is 5.85. The molecule has 4 rings (SSSR count). The minimum atomic E-state index is -0.136. The number of pyridine rings is 1. The van der Waals surface area contributed by atoms with Crippen LogP contribution in [-0.2, 0) is 11.3 Å². The smallest absolute Gasteiger partial charge is 0.248 e. The van der Waals surface area contributed by atoms with E-state index in [2.05, 4.69) is 15.6 Å². The number of H-pyrrole nitrogens is 1. The third-order valence-corrected chi connectivity index (χ3v) is 5.47. The molecule has 3 unspecified atom stereocenters. The van der Waals surface area contributed by atoms with Crippen molar-refractivity contribution in [3.8, 4) is 0 Å². The molecular formula is C19H24ClN3O2. The van der Waals surface area contributed by atoms with Gasteiger partial charge in [-0.2, -0.15) is 0 Å². The number of hydrogen-bond acceptors (Lipinski definition) is 3. The van der Waals surface area contributed by atoms with E-state index in [-0.39, 0.29) is 29.9 Å². The van der Waals surface area contributed by atoms with Crippen molar-refractivity contribution in [1.29, 1.82) is 0 Å². The Morgan fingerprint density at radius 3 is 2.84 bits per heavy atom. The first-order chi connectivity index (χ1) is 11.7. The number of hydrogen-bond donors (Lipinski definition) is 3. The van der Waals surface area contributed by atoms with Gasteiger partial charge in [-0.05, 0) is 36.8 Å². The number of aromatic amines is 1. The number of halogens is 1. The number of carbonyl (C=O) groups is 1. The SMILES string of the molecule is Cl.O=C(NCc1cc(=O)[nH]c2ccccc12)C1CC2CCCCC2N1. The van der Waals surface area contributed by atoms with Gasteiger partial charge in [-0.25, -0.2) is 0 Å². The zero-order valence-electron chi connectivity index (χ0n) is 14.1. The van der Waals surface area contributed by atoms with Crippen LogP contribution in [-0.4, -0.2) is 23.0 Å². The number of para-hydroxylation sites is 1. The zero-order valence-corrected chi connectivity index (χ0v) is 14.9. The summed E-state index contributed by atoms with van der Waals surface area (Å²) in [5, 5.41) is 7.49. The number of aromatic nitrogens is 1. The highest BCUT2D eigenvalue weighted by Crippen LogP contribution is 2.33. The average Bonchev–Trinajstić information content (AvgIpc) is 3.03. The Labute approximate surface area is 153 Å². The van der Waals surface area contributed by atoms with Crippen molar-refractivity contribution in [2.24, 2.45) is 5.92 Å². The van der Waals surface area contributed by atoms with Crippen molar-refractivity contribution in [2.45, 2.75) is 50.7 Å². The molecule has 5 nitrogen and oxygen atoms in total. The summed E-state index contributed by atoms with van der Waals surface area (Å²) in [7, 11) is 0. The molecule has 25 heavy (non-hydrogen) atoms. The van der Waals surface area contributed by atoms with Gasteiger partial charge in [0.2, 0.25) is 11.5 Å². The van der Waals surface area contributed by atoms with E-state index < -0.39 is 0 Å². The third kappa shape index (κ3) is 3.72. The Morgan fingerprint density at radius 1 is 1.20 bits per heavy atom. The fourth-order valence-electron chi connectivity index (χ4n) is 4.25. The predicted molar refractivity (Wildman–Crippen MR) is 101 cm³/mol. The average molecular weight is 362 g/mol. The first-order valence-corrected chi connectivity index (χ1v) is 8.85. The van der Waals surface area contributed by atoms with Gasteiger partial charge in [0.15, 0.2) is 0 Å². The Kier molecular flexibility index (Phi) is 5.45. The molecule has 3 atom stereocenters. The van der Waals surface area contributed by atoms with Crippen molar-refractivity contribution >= 4 is 29.2 Å². The number of nitrogens with one attached hydrogen (secondary N) is 3. The van der Waals surface area contributed by atoms with Crippen LogP contribution in [0.3, 0.4) is 0 Å². The molecular weight excluding hydrogens is 338 g/mol. The standard InChI is InChI=1S/C19H23N3O2.ClH/c23-18-10-13(14-6-2-4-8-16(14)22-18)11-20-19(24)17-9-12-5-1-3-7-15(12)21-17;/h2,4,6,8,10,12,15,17,21H,1,3,5,7,9,11H2,(H,20,24)(H,22,23);1H. The van der Waals surface area contributed by atoms with Gasteiger partial charge in [-0.3, -0.25) is 9.59 Å². The van der Waals surface area contributed by atoms with Crippen LogP contribution < -0.4 is 16.2 Å². The summed E-state index contributed by atoms with van der Waals surface area (Å²) in [5.41, 5.74) is 1.53. The fourth-order valence-corrected chi connectivity index (χ4v) is 4.25. The molecule has 134 valence electrons. The summed E-state index contributed by atoms with van der Waals surface area (Å²) in [4.78, 5) is 27.1. The maximum atomic E-state index is 12.5. The fraction of sp³-hybridized carbons (Fsp3) is 0.474. The molecule has 0 bridgehead atoms. The second kappa shape index (κ2) is 7.58. The van der Waals surface area contributed by atoms with Crippen molar-refractivity contribution < 1.29 is 4.79 Å². The van der Waals surface area contributed by atoms with E-state index in [0.29, 0.717) is 18.5 Å². The summed E-state index contributed by atoms with van der Waals surface area (Å²) in [5.74, 6) is 0.698. The molecule has 1 aliphatic carbocycles. The van der Waals surface area contributed by atoms with Crippen LogP contribution in [0.1, 0.15) is 37.7 Å². The summed E-state index contributed by atoms with van der Waals surface area (Å²) in [6.07, 6.45) is 5.91. The number of carbonyl (C=O) groups excluding carboxylic acids is 1. The molecule has 1 saturated carbocycles. The zero-order chi connectivity index (χ0) is 16.5. The topological polar surface area (TPSA) is 74.0 Å². The monoisotopic (exact) mass is 361 g/mol. The minimum Gasteiger partial charge on any atom is -0.351 e. The maximum Gasteiger partial charge on any atom is 0.248 e. The van der Waals surface area contributed by atoms with Crippen LogP contribution >= 0.6 is 12.4 Å². The lowest BCUT2D eigenvalue weighted by atomic mass is 9.85. The van der Waals surface area contributed by atoms with E-state index >= 15 is 0 Å². The molecule has 1 aliphatic heterocycles. The Bertz CT molecular complexity index is 806. The van der Waals surface area contributed by atoms with E-state index in [1.807, 2.05) is 24.3 Å². The summed E-state index contributed by atoms with van der Waals surface area (Å²) in [6, 6.07) is 9.67. The molecule has 1 aromatic heterocycles. The third-order valence-electron chi connectivity index (χ3n) is 5.47. The Hall–Kier alpha value is -1.85. The summed E-state index contributed by atoms with van der Waals surface area (Å²) in [6.45, 7) is 0.386. The van der Waals surface area contributed by atoms with E-state index in [0.717, 1.165) is 22.9 Å². The van der Waals surface area contributed by atoms with Crippen LogP contribution in [0, 0.1) is 5.92 Å². The quantitative estimate of drug-likeness (QED) is 0.786. The van der Waals surface area contributed by atoms with Gasteiger partial charge in [-0.15, -0.1) is 12.4 Å². The number of rotatable bonds is 3. The van der Waals surface area contributed by atoms with Gasteiger partial charge in [0.25, 0.3) is 0 Å². The first kappa shape index (κ1) is 18.0.